The van der Waals surface area contributed by atoms with Gasteiger partial charge in [-0.1, -0.05) is 48.0 Å². The van der Waals surface area contributed by atoms with Gasteiger partial charge in [-0.3, -0.25) is 9.59 Å². The molecule has 0 aromatic rings. The molecule has 0 aliphatic heterocycles. The summed E-state index contributed by atoms with van der Waals surface area (Å²) in [5.74, 6) is -0.856. The molecule has 0 saturated carbocycles. The lowest BCUT2D eigenvalue weighted by atomic mass is 9.91. The summed E-state index contributed by atoms with van der Waals surface area (Å²) in [7, 11) is 1.42. The number of carboxylic acids is 1. The molecule has 140 valence electrons. The molecule has 0 unspecified atom stereocenters. The largest absolute Gasteiger partial charge is 0.481 e. The van der Waals surface area contributed by atoms with Crippen molar-refractivity contribution < 1.29 is 19.4 Å². The van der Waals surface area contributed by atoms with E-state index in [0.717, 1.165) is 6.42 Å². The van der Waals surface area contributed by atoms with Crippen molar-refractivity contribution in [2.45, 2.75) is 88.5 Å². The summed E-state index contributed by atoms with van der Waals surface area (Å²) in [5.41, 5.74) is -0.311. The Hall–Kier alpha value is -1.06. The van der Waals surface area contributed by atoms with Gasteiger partial charge in [0, 0.05) is 0 Å². The van der Waals surface area contributed by atoms with E-state index in [1.54, 1.807) is 13.8 Å². The average molecular weight is 333 g/mol. The zero-order valence-electron chi connectivity index (χ0n) is 17.3. The van der Waals surface area contributed by atoms with Gasteiger partial charge < -0.3 is 9.84 Å². The highest BCUT2D eigenvalue weighted by atomic mass is 16.5. The van der Waals surface area contributed by atoms with Crippen LogP contribution in [0.1, 0.15) is 88.5 Å². The molecule has 0 rings (SSSR count). The Kier molecular flexibility index (Phi) is 13.4. The lowest BCUT2D eigenvalue weighted by Crippen LogP contribution is -2.24. The zero-order valence-corrected chi connectivity index (χ0v) is 17.3. The third-order valence-electron chi connectivity index (χ3n) is 4.15. The molecule has 0 aromatic carbocycles. The van der Waals surface area contributed by atoms with Crippen LogP contribution in [0.4, 0.5) is 0 Å². The summed E-state index contributed by atoms with van der Waals surface area (Å²) in [6.07, 6.45) is 2.77. The minimum absolute atomic E-state index is 0.134. The quantitative estimate of drug-likeness (QED) is 0.686. The van der Waals surface area contributed by atoms with E-state index >= 15 is 0 Å². The van der Waals surface area contributed by atoms with Gasteiger partial charge in [-0.2, -0.15) is 0 Å². The van der Waals surface area contributed by atoms with E-state index in [4.69, 9.17) is 5.11 Å². The monoisotopic (exact) mass is 332 g/mol. The number of methoxy groups -OCH3 is 1. The molecule has 23 heavy (non-hydrogen) atoms. The fourth-order valence-electron chi connectivity index (χ4n) is 0.572. The highest BCUT2D eigenvalue weighted by Crippen LogP contribution is 2.20. The Bertz CT molecular complexity index is 336. The number of rotatable bonds is 4. The second-order valence-electron chi connectivity index (χ2n) is 8.19. The van der Waals surface area contributed by atoms with Crippen LogP contribution in [0.25, 0.3) is 0 Å². The predicted molar refractivity (Wildman–Crippen MR) is 97.5 cm³/mol. The van der Waals surface area contributed by atoms with Crippen LogP contribution < -0.4 is 0 Å². The maximum absolute atomic E-state index is 10.8. The van der Waals surface area contributed by atoms with Gasteiger partial charge in [0.2, 0.25) is 0 Å². The minimum Gasteiger partial charge on any atom is -0.481 e. The van der Waals surface area contributed by atoms with Crippen molar-refractivity contribution in [3.63, 3.8) is 0 Å². The van der Waals surface area contributed by atoms with Gasteiger partial charge in [0.25, 0.3) is 0 Å². The van der Waals surface area contributed by atoms with E-state index in [1.807, 2.05) is 27.7 Å². The van der Waals surface area contributed by atoms with E-state index in [-0.39, 0.29) is 11.4 Å². The molecule has 4 heteroatoms. The molecule has 0 heterocycles. The van der Waals surface area contributed by atoms with Crippen LogP contribution >= 0.6 is 0 Å². The SMILES string of the molecule is CCC(C)(C)C.CCC(C)(C)C(=O)O.CCC(C)(C)C(=O)OC. The van der Waals surface area contributed by atoms with Gasteiger partial charge in [-0.15, -0.1) is 0 Å². The highest BCUT2D eigenvalue weighted by molar-refractivity contribution is 5.75. The third-order valence-corrected chi connectivity index (χ3v) is 4.15. The minimum atomic E-state index is -0.722. The van der Waals surface area contributed by atoms with Gasteiger partial charge in [0.1, 0.15) is 0 Å². The maximum atomic E-state index is 10.8. The molecule has 0 atom stereocenters. The molecule has 0 spiro atoms. The topological polar surface area (TPSA) is 63.6 Å². The Morgan fingerprint density at radius 1 is 0.783 bits per heavy atom. The van der Waals surface area contributed by atoms with Crippen molar-refractivity contribution in [3.05, 3.63) is 0 Å². The first-order valence-electron chi connectivity index (χ1n) is 8.43. The average Bonchev–Trinajstić information content (AvgIpc) is 2.46. The molecule has 0 aromatic heterocycles. The van der Waals surface area contributed by atoms with Crippen LogP contribution in [0, 0.1) is 16.2 Å². The van der Waals surface area contributed by atoms with Crippen LogP contribution in [-0.2, 0) is 14.3 Å². The van der Waals surface area contributed by atoms with Crippen LogP contribution in [0.3, 0.4) is 0 Å². The second kappa shape index (κ2) is 11.5. The number of ether oxygens (including phenoxy) is 1. The Morgan fingerprint density at radius 3 is 1.13 bits per heavy atom. The van der Waals surface area contributed by atoms with Crippen molar-refractivity contribution in [2.75, 3.05) is 7.11 Å². The van der Waals surface area contributed by atoms with E-state index in [1.165, 1.54) is 13.5 Å². The van der Waals surface area contributed by atoms with Crippen molar-refractivity contribution in [2.24, 2.45) is 16.2 Å². The zero-order chi connectivity index (χ0) is 19.5. The lowest BCUT2D eigenvalue weighted by molar-refractivity contribution is -0.151. The van der Waals surface area contributed by atoms with Gasteiger partial charge in [0.05, 0.1) is 17.9 Å². The Balaban J connectivity index is -0.000000266. The molecule has 4 nitrogen and oxygen atoms in total. The summed E-state index contributed by atoms with van der Waals surface area (Å²) in [6, 6.07) is 0. The second-order valence-corrected chi connectivity index (χ2v) is 8.19. The summed E-state index contributed by atoms with van der Waals surface area (Å²) in [6.45, 7) is 20.0. The number of hydrogen-bond acceptors (Lipinski definition) is 3. The fraction of sp³-hybridized carbons (Fsp3) is 0.895. The van der Waals surface area contributed by atoms with E-state index in [2.05, 4.69) is 32.4 Å². The Labute approximate surface area is 144 Å². The summed E-state index contributed by atoms with van der Waals surface area (Å²) in [4.78, 5) is 21.1. The molecule has 0 aliphatic rings. The number of aliphatic carboxylic acids is 1. The van der Waals surface area contributed by atoms with E-state index < -0.39 is 11.4 Å². The molecular formula is C19H40O4. The highest BCUT2D eigenvalue weighted by Gasteiger charge is 2.25. The smallest absolute Gasteiger partial charge is 0.311 e. The number of esters is 1. The molecule has 0 radical (unpaired) electrons. The normalized spacial score (nSPS) is 11.4. The van der Waals surface area contributed by atoms with Crippen molar-refractivity contribution in [3.8, 4) is 0 Å². The van der Waals surface area contributed by atoms with Crippen LogP contribution in [0.5, 0.6) is 0 Å². The summed E-state index contributed by atoms with van der Waals surface area (Å²) in [5, 5.41) is 8.44. The predicted octanol–water partition coefficient (Wildman–Crippen LogP) is 5.55. The fourth-order valence-corrected chi connectivity index (χ4v) is 0.572. The van der Waals surface area contributed by atoms with Gasteiger partial charge >= 0.3 is 11.9 Å². The first kappa shape index (κ1) is 26.8. The molecule has 0 aliphatic carbocycles. The number of carbonyl (C=O) groups is 2. The van der Waals surface area contributed by atoms with Crippen LogP contribution in [-0.4, -0.2) is 24.2 Å². The van der Waals surface area contributed by atoms with Gasteiger partial charge in [0.15, 0.2) is 0 Å². The van der Waals surface area contributed by atoms with Gasteiger partial charge in [-0.25, -0.2) is 0 Å². The summed E-state index contributed by atoms with van der Waals surface area (Å²) < 4.78 is 4.57. The van der Waals surface area contributed by atoms with Crippen molar-refractivity contribution >= 4 is 11.9 Å². The number of hydrogen-bond donors (Lipinski definition) is 1. The summed E-state index contributed by atoms with van der Waals surface area (Å²) >= 11 is 0. The molecule has 0 bridgehead atoms. The van der Waals surface area contributed by atoms with Crippen molar-refractivity contribution in [1.29, 1.82) is 0 Å². The van der Waals surface area contributed by atoms with E-state index in [9.17, 15) is 9.59 Å². The number of carbonyl (C=O) groups excluding carboxylic acids is 1. The standard InChI is InChI=1S/C7H14O2.C6H12O2.C6H14/c1-5-7(2,3)6(8)9-4;1-4-6(2,3)5(7)8;1-5-6(2,3)4/h5H2,1-4H3;4H2,1-3H3,(H,7,8);5H2,1-4H3. The molecule has 0 fully saturated rings. The lowest BCUT2D eigenvalue weighted by Gasteiger charge is -2.17. The third kappa shape index (κ3) is 15.6. The molecule has 0 saturated heterocycles. The van der Waals surface area contributed by atoms with Crippen molar-refractivity contribution in [1.82, 2.24) is 0 Å². The number of carboxylic acid groups (broad SMARTS) is 1. The molecular weight excluding hydrogens is 292 g/mol. The van der Waals surface area contributed by atoms with Crippen LogP contribution in [0.2, 0.25) is 0 Å². The first-order valence-corrected chi connectivity index (χ1v) is 8.43. The maximum Gasteiger partial charge on any atom is 0.311 e. The van der Waals surface area contributed by atoms with Gasteiger partial charge in [-0.05, 0) is 46.0 Å². The molecule has 1 N–H and O–H groups in total. The first-order chi connectivity index (χ1) is 10.1. The van der Waals surface area contributed by atoms with E-state index in [0.29, 0.717) is 11.8 Å². The molecule has 0 amide bonds. The van der Waals surface area contributed by atoms with Crippen LogP contribution in [0.15, 0.2) is 0 Å². The Morgan fingerprint density at radius 2 is 1.09 bits per heavy atom.